The van der Waals surface area contributed by atoms with Gasteiger partial charge in [-0.2, -0.15) is 16.6 Å². The molecule has 4 heteroatoms. The van der Waals surface area contributed by atoms with Crippen LogP contribution in [0.15, 0.2) is 27.4 Å². The molecule has 0 radical (unpaired) electrons. The number of phenolic OH excluding ortho intramolecular Hbond substituents is 1. The molecular formula is C12H8BrNOS. The number of aromatic hydroxyl groups is 1. The van der Waals surface area contributed by atoms with Crippen molar-refractivity contribution in [3.05, 3.63) is 38.5 Å². The summed E-state index contributed by atoms with van der Waals surface area (Å²) in [6, 6.07) is 5.39. The van der Waals surface area contributed by atoms with Crippen LogP contribution in [-0.2, 0) is 0 Å². The van der Waals surface area contributed by atoms with Crippen LogP contribution in [0.2, 0.25) is 0 Å². The van der Waals surface area contributed by atoms with Gasteiger partial charge in [0.15, 0.2) is 0 Å². The van der Waals surface area contributed by atoms with Crippen LogP contribution in [0.5, 0.6) is 5.75 Å². The number of thiophene rings is 1. The fourth-order valence-electron chi connectivity index (χ4n) is 1.51. The Kier molecular flexibility index (Phi) is 2.99. The highest BCUT2D eigenvalue weighted by atomic mass is 79.9. The van der Waals surface area contributed by atoms with E-state index in [1.807, 2.05) is 17.7 Å². The second kappa shape index (κ2) is 4.28. The van der Waals surface area contributed by atoms with Crippen LogP contribution in [-0.4, -0.2) is 5.11 Å². The number of benzene rings is 1. The lowest BCUT2D eigenvalue weighted by Gasteiger charge is -2.06. The zero-order chi connectivity index (χ0) is 11.7. The normalized spacial score (nSPS) is 10.1. The monoisotopic (exact) mass is 293 g/mol. The van der Waals surface area contributed by atoms with Gasteiger partial charge in [0.05, 0.1) is 16.1 Å². The predicted octanol–water partition coefficient (Wildman–Crippen LogP) is 4.06. The number of phenols is 1. The summed E-state index contributed by atoms with van der Waals surface area (Å²) in [6.07, 6.45) is 0. The number of nitrogens with zero attached hydrogens (tertiary/aromatic N) is 1. The highest BCUT2D eigenvalue weighted by Crippen LogP contribution is 2.39. The Balaban J connectivity index is 2.70. The van der Waals surface area contributed by atoms with Gasteiger partial charge in [-0.25, -0.2) is 0 Å². The fourth-order valence-corrected chi connectivity index (χ4v) is 2.81. The Hall–Kier alpha value is -1.31. The minimum atomic E-state index is 0.181. The maximum atomic E-state index is 9.96. The zero-order valence-electron chi connectivity index (χ0n) is 8.49. The second-order valence-electron chi connectivity index (χ2n) is 3.43. The molecule has 80 valence electrons. The molecular weight excluding hydrogens is 286 g/mol. The Morgan fingerprint density at radius 2 is 2.06 bits per heavy atom. The molecule has 1 N–H and O–H groups in total. The second-order valence-corrected chi connectivity index (χ2v) is 5.03. The molecule has 0 atom stereocenters. The van der Waals surface area contributed by atoms with Crippen molar-refractivity contribution >= 4 is 27.3 Å². The molecule has 1 heterocycles. The molecule has 16 heavy (non-hydrogen) atoms. The summed E-state index contributed by atoms with van der Waals surface area (Å²) in [7, 11) is 0. The Labute approximate surface area is 106 Å². The highest BCUT2D eigenvalue weighted by Gasteiger charge is 2.12. The lowest BCUT2D eigenvalue weighted by Crippen LogP contribution is -1.84. The van der Waals surface area contributed by atoms with Crippen LogP contribution in [0.4, 0.5) is 0 Å². The van der Waals surface area contributed by atoms with Crippen LogP contribution in [0.1, 0.15) is 11.1 Å². The van der Waals surface area contributed by atoms with Gasteiger partial charge in [-0.05, 0) is 56.9 Å². The minimum Gasteiger partial charge on any atom is -0.506 e. The molecule has 0 bridgehead atoms. The van der Waals surface area contributed by atoms with Crippen LogP contribution in [0.25, 0.3) is 11.1 Å². The standard InChI is InChI=1S/C12H8BrNOS/c1-7-5-16-6-10(7)9-2-8(4-14)3-11(13)12(9)15/h2-3,5-6,15H,1H3. The number of hydrogen-bond acceptors (Lipinski definition) is 3. The molecule has 0 saturated carbocycles. The van der Waals surface area contributed by atoms with E-state index >= 15 is 0 Å². The van der Waals surface area contributed by atoms with E-state index in [1.54, 1.807) is 23.5 Å². The predicted molar refractivity (Wildman–Crippen MR) is 68.6 cm³/mol. The number of nitriles is 1. The summed E-state index contributed by atoms with van der Waals surface area (Å²) in [4.78, 5) is 0. The molecule has 0 aliphatic heterocycles. The van der Waals surface area contributed by atoms with E-state index < -0.39 is 0 Å². The lowest BCUT2D eigenvalue weighted by atomic mass is 10.0. The summed E-state index contributed by atoms with van der Waals surface area (Å²) in [5.41, 5.74) is 3.30. The molecule has 1 aromatic heterocycles. The van der Waals surface area contributed by atoms with E-state index in [2.05, 4.69) is 22.0 Å². The summed E-state index contributed by atoms with van der Waals surface area (Å²) in [5.74, 6) is 0.181. The molecule has 0 spiro atoms. The number of halogens is 1. The van der Waals surface area contributed by atoms with Crippen molar-refractivity contribution in [1.82, 2.24) is 0 Å². The molecule has 2 rings (SSSR count). The molecule has 2 aromatic rings. The summed E-state index contributed by atoms with van der Waals surface area (Å²) in [6.45, 7) is 1.98. The maximum absolute atomic E-state index is 9.96. The summed E-state index contributed by atoms with van der Waals surface area (Å²) < 4.78 is 0.548. The zero-order valence-corrected chi connectivity index (χ0v) is 10.9. The maximum Gasteiger partial charge on any atom is 0.137 e. The number of rotatable bonds is 1. The minimum absolute atomic E-state index is 0.181. The largest absolute Gasteiger partial charge is 0.506 e. The average molecular weight is 294 g/mol. The molecule has 2 nitrogen and oxygen atoms in total. The lowest BCUT2D eigenvalue weighted by molar-refractivity contribution is 0.474. The summed E-state index contributed by atoms with van der Waals surface area (Å²) in [5, 5.41) is 22.8. The summed E-state index contributed by atoms with van der Waals surface area (Å²) >= 11 is 4.83. The molecule has 0 fully saturated rings. The fraction of sp³-hybridized carbons (Fsp3) is 0.0833. The molecule has 1 aromatic carbocycles. The van der Waals surface area contributed by atoms with Gasteiger partial charge in [-0.3, -0.25) is 0 Å². The third-order valence-electron chi connectivity index (χ3n) is 2.34. The molecule has 0 aliphatic rings. The molecule has 0 amide bonds. The topological polar surface area (TPSA) is 44.0 Å². The van der Waals surface area contributed by atoms with Crippen molar-refractivity contribution in [2.75, 3.05) is 0 Å². The van der Waals surface area contributed by atoms with Crippen molar-refractivity contribution in [2.24, 2.45) is 0 Å². The highest BCUT2D eigenvalue weighted by molar-refractivity contribution is 9.10. The van der Waals surface area contributed by atoms with E-state index in [0.29, 0.717) is 15.6 Å². The van der Waals surface area contributed by atoms with E-state index in [9.17, 15) is 5.11 Å². The van der Waals surface area contributed by atoms with Crippen LogP contribution < -0.4 is 0 Å². The van der Waals surface area contributed by atoms with Gasteiger partial charge in [-0.15, -0.1) is 0 Å². The van der Waals surface area contributed by atoms with Gasteiger partial charge < -0.3 is 5.11 Å². The Morgan fingerprint density at radius 1 is 1.31 bits per heavy atom. The third-order valence-corrected chi connectivity index (χ3v) is 3.80. The van der Waals surface area contributed by atoms with Crippen molar-refractivity contribution in [1.29, 1.82) is 5.26 Å². The quantitative estimate of drug-likeness (QED) is 0.861. The number of aryl methyl sites for hydroxylation is 1. The first-order chi connectivity index (χ1) is 7.63. The van der Waals surface area contributed by atoms with Gasteiger partial charge in [-0.1, -0.05) is 0 Å². The van der Waals surface area contributed by atoms with Crippen molar-refractivity contribution in [2.45, 2.75) is 6.92 Å². The van der Waals surface area contributed by atoms with Gasteiger partial charge in [0.2, 0.25) is 0 Å². The van der Waals surface area contributed by atoms with Gasteiger partial charge in [0.25, 0.3) is 0 Å². The molecule has 0 unspecified atom stereocenters. The van der Waals surface area contributed by atoms with Gasteiger partial charge in [0, 0.05) is 5.56 Å². The van der Waals surface area contributed by atoms with E-state index in [0.717, 1.165) is 11.1 Å². The van der Waals surface area contributed by atoms with E-state index in [4.69, 9.17) is 5.26 Å². The first kappa shape index (κ1) is 11.2. The molecule has 0 aliphatic carbocycles. The third kappa shape index (κ3) is 1.84. The van der Waals surface area contributed by atoms with Crippen LogP contribution in [0.3, 0.4) is 0 Å². The smallest absolute Gasteiger partial charge is 0.137 e. The van der Waals surface area contributed by atoms with Gasteiger partial charge >= 0.3 is 0 Å². The van der Waals surface area contributed by atoms with Crippen molar-refractivity contribution in [3.63, 3.8) is 0 Å². The van der Waals surface area contributed by atoms with Crippen molar-refractivity contribution < 1.29 is 5.11 Å². The SMILES string of the molecule is Cc1cscc1-c1cc(C#N)cc(Br)c1O. The first-order valence-corrected chi connectivity index (χ1v) is 6.33. The van der Waals surface area contributed by atoms with Gasteiger partial charge in [0.1, 0.15) is 5.75 Å². The number of hydrogen-bond donors (Lipinski definition) is 1. The van der Waals surface area contributed by atoms with Crippen LogP contribution >= 0.6 is 27.3 Å². The Bertz CT molecular complexity index is 583. The van der Waals surface area contributed by atoms with E-state index in [1.165, 1.54) is 0 Å². The molecule has 0 saturated heterocycles. The van der Waals surface area contributed by atoms with E-state index in [-0.39, 0.29) is 5.75 Å². The Morgan fingerprint density at radius 3 is 2.62 bits per heavy atom. The van der Waals surface area contributed by atoms with Crippen LogP contribution in [0, 0.1) is 18.3 Å². The average Bonchev–Trinajstić information content (AvgIpc) is 2.68. The first-order valence-electron chi connectivity index (χ1n) is 4.59. The van der Waals surface area contributed by atoms with Crippen molar-refractivity contribution in [3.8, 4) is 22.9 Å².